The van der Waals surface area contributed by atoms with Gasteiger partial charge in [0.25, 0.3) is 0 Å². The number of hydrogen-bond acceptors (Lipinski definition) is 0. The Morgan fingerprint density at radius 2 is 1.84 bits per heavy atom. The summed E-state index contributed by atoms with van der Waals surface area (Å²) >= 11 is 9.47. The van der Waals surface area contributed by atoms with E-state index in [1.54, 1.807) is 12.1 Å². The largest absolute Gasteiger partial charge is 0.207 e. The summed E-state index contributed by atoms with van der Waals surface area (Å²) in [5.41, 5.74) is 4.31. The first kappa shape index (κ1) is 14.5. The molecule has 0 bridgehead atoms. The van der Waals surface area contributed by atoms with Gasteiger partial charge in [-0.1, -0.05) is 45.7 Å². The minimum Gasteiger partial charge on any atom is -0.207 e. The maximum Gasteiger partial charge on any atom is 0.127 e. The second-order valence-electron chi connectivity index (χ2n) is 4.76. The van der Waals surface area contributed by atoms with Gasteiger partial charge in [-0.3, -0.25) is 0 Å². The molecule has 1 unspecified atom stereocenters. The van der Waals surface area contributed by atoms with Crippen LogP contribution in [0.4, 0.5) is 4.39 Å². The topological polar surface area (TPSA) is 0 Å². The Labute approximate surface area is 126 Å². The number of aryl methyl sites for hydroxylation is 2. The van der Waals surface area contributed by atoms with Crippen molar-refractivity contribution < 1.29 is 4.39 Å². The lowest BCUT2D eigenvalue weighted by Crippen LogP contribution is -1.99. The van der Waals surface area contributed by atoms with Gasteiger partial charge in [0.15, 0.2) is 0 Å². The second kappa shape index (κ2) is 6.06. The first-order chi connectivity index (χ1) is 8.97. The fraction of sp³-hybridized carbons (Fsp3) is 0.250. The quantitative estimate of drug-likeness (QED) is 0.621. The van der Waals surface area contributed by atoms with Gasteiger partial charge in [0.2, 0.25) is 0 Å². The molecule has 0 saturated carbocycles. The van der Waals surface area contributed by atoms with E-state index in [9.17, 15) is 4.39 Å². The smallest absolute Gasteiger partial charge is 0.127 e. The Kier molecular flexibility index (Phi) is 4.64. The first-order valence-corrected chi connectivity index (χ1v) is 7.42. The lowest BCUT2D eigenvalue weighted by molar-refractivity contribution is 0.608. The Bertz CT molecular complexity index is 595. The molecule has 0 spiro atoms. The van der Waals surface area contributed by atoms with E-state index in [-0.39, 0.29) is 10.6 Å². The van der Waals surface area contributed by atoms with Crippen LogP contribution in [0.3, 0.4) is 0 Å². The minimum absolute atomic E-state index is 0.0756. The van der Waals surface area contributed by atoms with E-state index < -0.39 is 0 Å². The van der Waals surface area contributed by atoms with Gasteiger partial charge < -0.3 is 0 Å². The number of alkyl halides is 1. The minimum atomic E-state index is -0.227. The lowest BCUT2D eigenvalue weighted by atomic mass is 10.0. The van der Waals surface area contributed by atoms with Crippen molar-refractivity contribution in [2.75, 3.05) is 0 Å². The molecule has 0 aromatic heterocycles. The van der Waals surface area contributed by atoms with E-state index in [0.29, 0.717) is 10.6 Å². The van der Waals surface area contributed by atoms with Crippen LogP contribution in [0, 0.1) is 19.7 Å². The van der Waals surface area contributed by atoms with Crippen molar-refractivity contribution in [2.24, 2.45) is 0 Å². The summed E-state index contributed by atoms with van der Waals surface area (Å²) in [6.07, 6.45) is 0.735. The van der Waals surface area contributed by atoms with E-state index in [1.165, 1.54) is 22.8 Å². The summed E-state index contributed by atoms with van der Waals surface area (Å²) in [5.74, 6) is -0.227. The van der Waals surface area contributed by atoms with Crippen molar-refractivity contribution in [3.8, 4) is 0 Å². The summed E-state index contributed by atoms with van der Waals surface area (Å²) in [6.45, 7) is 4.17. The predicted molar refractivity (Wildman–Crippen MR) is 82.7 cm³/mol. The van der Waals surface area contributed by atoms with Crippen LogP contribution in [0.25, 0.3) is 0 Å². The molecule has 0 aliphatic heterocycles. The Hall–Kier alpha value is -0.860. The number of benzene rings is 2. The summed E-state index contributed by atoms with van der Waals surface area (Å²) in [7, 11) is 0. The van der Waals surface area contributed by atoms with Crippen molar-refractivity contribution in [3.63, 3.8) is 0 Å². The molecule has 0 aliphatic rings. The number of halogens is 3. The lowest BCUT2D eigenvalue weighted by Gasteiger charge is -2.13. The highest BCUT2D eigenvalue weighted by atomic mass is 79.9. The highest BCUT2D eigenvalue weighted by Gasteiger charge is 2.14. The third-order valence-corrected chi connectivity index (χ3v) is 4.33. The number of rotatable bonds is 3. The summed E-state index contributed by atoms with van der Waals surface area (Å²) in [4.78, 5) is -0.0756. The molecule has 0 amide bonds. The molecule has 0 heterocycles. The summed E-state index contributed by atoms with van der Waals surface area (Å²) in [6, 6.07) is 11.0. The van der Waals surface area contributed by atoms with Crippen LogP contribution in [0.2, 0.25) is 5.02 Å². The molecule has 0 fully saturated rings. The predicted octanol–water partition coefficient (Wildman–Crippen LogP) is 5.77. The van der Waals surface area contributed by atoms with Gasteiger partial charge in [-0.2, -0.15) is 0 Å². The third-order valence-electron chi connectivity index (χ3n) is 3.28. The Morgan fingerprint density at radius 3 is 2.53 bits per heavy atom. The molecule has 2 aromatic rings. The molecule has 0 nitrogen and oxygen atoms in total. The van der Waals surface area contributed by atoms with Crippen molar-refractivity contribution in [2.45, 2.75) is 25.1 Å². The zero-order chi connectivity index (χ0) is 14.0. The first-order valence-electron chi connectivity index (χ1n) is 6.12. The molecule has 0 aliphatic carbocycles. The van der Waals surface area contributed by atoms with E-state index in [1.807, 2.05) is 0 Å². The SMILES string of the molecule is Cc1ccc(CC(Br)c2cc(Cl)ccc2F)cc1C. The van der Waals surface area contributed by atoms with Gasteiger partial charge in [-0.05, 0) is 55.2 Å². The van der Waals surface area contributed by atoms with Crippen molar-refractivity contribution >= 4 is 27.5 Å². The molecular formula is C16H15BrClF. The van der Waals surface area contributed by atoms with Crippen LogP contribution in [-0.4, -0.2) is 0 Å². The van der Waals surface area contributed by atoms with Crippen molar-refractivity contribution in [1.29, 1.82) is 0 Å². The van der Waals surface area contributed by atoms with Crippen LogP contribution in [-0.2, 0) is 6.42 Å². The van der Waals surface area contributed by atoms with Gasteiger partial charge in [0.05, 0.1) is 0 Å². The third kappa shape index (κ3) is 3.58. The maximum atomic E-state index is 13.8. The maximum absolute atomic E-state index is 13.8. The van der Waals surface area contributed by atoms with Crippen LogP contribution in [0.15, 0.2) is 36.4 Å². The monoisotopic (exact) mass is 340 g/mol. The average molecular weight is 342 g/mol. The molecule has 19 heavy (non-hydrogen) atoms. The molecule has 3 heteroatoms. The highest BCUT2D eigenvalue weighted by molar-refractivity contribution is 9.09. The van der Waals surface area contributed by atoms with E-state index in [4.69, 9.17) is 11.6 Å². The summed E-state index contributed by atoms with van der Waals surface area (Å²) in [5, 5.41) is 0.556. The van der Waals surface area contributed by atoms with E-state index in [0.717, 1.165) is 6.42 Å². The Balaban J connectivity index is 2.22. The normalized spacial score (nSPS) is 12.5. The van der Waals surface area contributed by atoms with Crippen LogP contribution in [0.5, 0.6) is 0 Å². The average Bonchev–Trinajstić information content (AvgIpc) is 2.36. The fourth-order valence-electron chi connectivity index (χ4n) is 2.00. The van der Waals surface area contributed by atoms with Crippen molar-refractivity contribution in [1.82, 2.24) is 0 Å². The van der Waals surface area contributed by atoms with Crippen LogP contribution < -0.4 is 0 Å². The van der Waals surface area contributed by atoms with Gasteiger partial charge in [0, 0.05) is 15.4 Å². The van der Waals surface area contributed by atoms with E-state index in [2.05, 4.69) is 48.0 Å². The molecule has 2 aromatic carbocycles. The fourth-order valence-corrected chi connectivity index (χ4v) is 2.91. The van der Waals surface area contributed by atoms with Gasteiger partial charge in [-0.25, -0.2) is 4.39 Å². The molecule has 0 radical (unpaired) electrons. The van der Waals surface area contributed by atoms with Gasteiger partial charge in [-0.15, -0.1) is 0 Å². The molecule has 0 N–H and O–H groups in total. The zero-order valence-corrected chi connectivity index (χ0v) is 13.2. The van der Waals surface area contributed by atoms with Crippen LogP contribution in [0.1, 0.15) is 27.1 Å². The molecule has 100 valence electrons. The second-order valence-corrected chi connectivity index (χ2v) is 6.30. The van der Waals surface area contributed by atoms with Crippen molar-refractivity contribution in [3.05, 3.63) is 69.5 Å². The molecule has 2 rings (SSSR count). The number of hydrogen-bond donors (Lipinski definition) is 0. The Morgan fingerprint density at radius 1 is 1.11 bits per heavy atom. The van der Waals surface area contributed by atoms with Gasteiger partial charge >= 0.3 is 0 Å². The molecule has 1 atom stereocenters. The standard InChI is InChI=1S/C16H15BrClF/c1-10-3-4-12(7-11(10)2)8-15(17)14-9-13(18)5-6-16(14)19/h3-7,9,15H,8H2,1-2H3. The van der Waals surface area contributed by atoms with E-state index >= 15 is 0 Å². The molecule has 0 saturated heterocycles. The van der Waals surface area contributed by atoms with Gasteiger partial charge in [0.1, 0.15) is 5.82 Å². The summed E-state index contributed by atoms with van der Waals surface area (Å²) < 4.78 is 13.8. The zero-order valence-electron chi connectivity index (χ0n) is 10.9. The van der Waals surface area contributed by atoms with Crippen LogP contribution >= 0.6 is 27.5 Å². The highest BCUT2D eigenvalue weighted by Crippen LogP contribution is 2.31. The molecular weight excluding hydrogens is 327 g/mol.